The van der Waals surface area contributed by atoms with Crippen LogP contribution in [0.1, 0.15) is 22.9 Å². The largest absolute Gasteiger partial charge is 0.464 e. The van der Waals surface area contributed by atoms with Crippen molar-refractivity contribution in [1.29, 1.82) is 0 Å². The van der Waals surface area contributed by atoms with Crippen molar-refractivity contribution >= 4 is 27.7 Å². The zero-order chi connectivity index (χ0) is 23.2. The van der Waals surface area contributed by atoms with Gasteiger partial charge in [-0.25, -0.2) is 4.68 Å². The minimum Gasteiger partial charge on any atom is -0.464 e. The van der Waals surface area contributed by atoms with Crippen molar-refractivity contribution in [2.75, 3.05) is 5.32 Å². The van der Waals surface area contributed by atoms with Crippen molar-refractivity contribution < 1.29 is 4.42 Å². The third-order valence-corrected chi connectivity index (χ3v) is 6.07. The van der Waals surface area contributed by atoms with E-state index in [0.717, 1.165) is 55.6 Å². The summed E-state index contributed by atoms with van der Waals surface area (Å²) in [6, 6.07) is 10.1. The Morgan fingerprint density at radius 3 is 2.71 bits per heavy atom. The van der Waals surface area contributed by atoms with E-state index in [4.69, 9.17) is 4.42 Å². The molecule has 0 amide bonds. The van der Waals surface area contributed by atoms with Crippen LogP contribution < -0.4 is 5.32 Å². The van der Waals surface area contributed by atoms with Crippen LogP contribution in [0.2, 0.25) is 0 Å². The molecule has 9 heteroatoms. The molecule has 0 saturated heterocycles. The molecule has 6 aromatic rings. The fraction of sp³-hybridized carbons (Fsp3) is 0.160. The number of nitrogens with zero attached hydrogens (tertiary/aromatic N) is 7. The van der Waals surface area contributed by atoms with Gasteiger partial charge in [0.2, 0.25) is 0 Å². The molecule has 0 aliphatic heterocycles. The Morgan fingerprint density at radius 1 is 1.03 bits per heavy atom. The highest BCUT2D eigenvalue weighted by atomic mass is 16.3. The molecule has 1 atom stereocenters. The van der Waals surface area contributed by atoms with Gasteiger partial charge in [-0.2, -0.15) is 5.10 Å². The summed E-state index contributed by atoms with van der Waals surface area (Å²) in [5.41, 5.74) is 8.48. The van der Waals surface area contributed by atoms with Crippen molar-refractivity contribution in [2.24, 2.45) is 14.1 Å². The zero-order valence-electron chi connectivity index (χ0n) is 19.0. The van der Waals surface area contributed by atoms with Gasteiger partial charge >= 0.3 is 0 Å². The second-order valence-electron chi connectivity index (χ2n) is 8.38. The van der Waals surface area contributed by atoms with E-state index in [1.165, 1.54) is 0 Å². The van der Waals surface area contributed by atoms with Crippen molar-refractivity contribution in [1.82, 2.24) is 34.7 Å². The SMILES string of the molecule is Cc1coc2ccc(-c3cc(N[C@H](c4cnn(C)c4)c4cnnn4C)cc4nccnc34)cc12. The van der Waals surface area contributed by atoms with Crippen LogP contribution in [-0.2, 0) is 14.1 Å². The molecule has 0 saturated carbocycles. The Bertz CT molecular complexity index is 1640. The van der Waals surface area contributed by atoms with E-state index >= 15 is 0 Å². The van der Waals surface area contributed by atoms with Crippen LogP contribution in [0, 0.1) is 6.92 Å². The Hall–Kier alpha value is -4.53. The van der Waals surface area contributed by atoms with Crippen LogP contribution in [0.4, 0.5) is 5.69 Å². The molecular formula is C25H22N8O. The van der Waals surface area contributed by atoms with Crippen molar-refractivity contribution in [2.45, 2.75) is 13.0 Å². The summed E-state index contributed by atoms with van der Waals surface area (Å²) in [4.78, 5) is 9.24. The van der Waals surface area contributed by atoms with Crippen LogP contribution >= 0.6 is 0 Å². The maximum atomic E-state index is 5.64. The zero-order valence-corrected chi connectivity index (χ0v) is 19.0. The van der Waals surface area contributed by atoms with Crippen LogP contribution in [0.15, 0.2) is 72.0 Å². The molecule has 0 spiro atoms. The average Bonchev–Trinajstić information content (AvgIpc) is 3.57. The molecular weight excluding hydrogens is 428 g/mol. The number of hydrogen-bond acceptors (Lipinski definition) is 7. The third-order valence-electron chi connectivity index (χ3n) is 6.07. The predicted molar refractivity (Wildman–Crippen MR) is 129 cm³/mol. The average molecular weight is 451 g/mol. The van der Waals surface area contributed by atoms with Gasteiger partial charge in [0.25, 0.3) is 0 Å². The van der Waals surface area contributed by atoms with Crippen LogP contribution in [0.5, 0.6) is 0 Å². The second kappa shape index (κ2) is 7.80. The number of rotatable bonds is 5. The first-order chi connectivity index (χ1) is 16.6. The topological polar surface area (TPSA) is 99.5 Å². The lowest BCUT2D eigenvalue weighted by molar-refractivity contribution is 0.613. The molecule has 6 rings (SSSR count). The predicted octanol–water partition coefficient (Wildman–Crippen LogP) is 4.41. The van der Waals surface area contributed by atoms with Gasteiger partial charge in [-0.05, 0) is 42.3 Å². The Kier molecular flexibility index (Phi) is 4.61. The highest BCUT2D eigenvalue weighted by molar-refractivity contribution is 5.97. The minimum atomic E-state index is -0.200. The van der Waals surface area contributed by atoms with Crippen LogP contribution in [-0.4, -0.2) is 34.7 Å². The van der Waals surface area contributed by atoms with Gasteiger partial charge in [0.05, 0.1) is 41.4 Å². The number of furan rings is 1. The van der Waals surface area contributed by atoms with Gasteiger partial charge < -0.3 is 9.73 Å². The molecule has 0 radical (unpaired) electrons. The Morgan fingerprint density at radius 2 is 1.91 bits per heavy atom. The molecule has 0 aliphatic rings. The second-order valence-corrected chi connectivity index (χ2v) is 8.38. The Balaban J connectivity index is 1.50. The highest BCUT2D eigenvalue weighted by Crippen LogP contribution is 2.35. The number of aryl methyl sites for hydroxylation is 3. The number of hydrogen-bond donors (Lipinski definition) is 1. The molecule has 0 bridgehead atoms. The maximum absolute atomic E-state index is 5.64. The number of benzene rings is 2. The van der Waals surface area contributed by atoms with E-state index in [1.54, 1.807) is 34.2 Å². The van der Waals surface area contributed by atoms with Crippen molar-refractivity contribution in [3.8, 4) is 11.1 Å². The van der Waals surface area contributed by atoms with E-state index < -0.39 is 0 Å². The molecule has 0 fully saturated rings. The standard InChI is InChI=1S/C25H22N8O/c1-15-14-34-23-5-4-16(8-19(15)23)20-9-18(10-21-25(20)27-7-6-26-21)30-24(17-11-29-32(2)13-17)22-12-28-31-33(22)3/h4-14,24,30H,1-3H3/t24-/m1/s1. The molecule has 1 N–H and O–H groups in total. The first-order valence-electron chi connectivity index (χ1n) is 10.9. The van der Waals surface area contributed by atoms with E-state index in [-0.39, 0.29) is 6.04 Å². The van der Waals surface area contributed by atoms with Gasteiger partial charge in [-0.15, -0.1) is 5.10 Å². The fourth-order valence-corrected chi connectivity index (χ4v) is 4.34. The summed E-state index contributed by atoms with van der Waals surface area (Å²) in [5, 5.41) is 17.3. The first-order valence-corrected chi connectivity index (χ1v) is 10.9. The lowest BCUT2D eigenvalue weighted by Crippen LogP contribution is -2.16. The lowest BCUT2D eigenvalue weighted by Gasteiger charge is -2.20. The molecule has 0 aliphatic carbocycles. The van der Waals surface area contributed by atoms with Gasteiger partial charge in [0.1, 0.15) is 5.58 Å². The summed E-state index contributed by atoms with van der Waals surface area (Å²) in [7, 11) is 3.78. The lowest BCUT2D eigenvalue weighted by atomic mass is 10.00. The fourth-order valence-electron chi connectivity index (χ4n) is 4.34. The van der Waals surface area contributed by atoms with Crippen molar-refractivity contribution in [3.05, 3.63) is 84.4 Å². The highest BCUT2D eigenvalue weighted by Gasteiger charge is 2.21. The summed E-state index contributed by atoms with van der Waals surface area (Å²) < 4.78 is 9.20. The molecule has 9 nitrogen and oxygen atoms in total. The molecule has 2 aromatic carbocycles. The molecule has 34 heavy (non-hydrogen) atoms. The summed E-state index contributed by atoms with van der Waals surface area (Å²) in [6.45, 7) is 2.05. The molecule has 4 aromatic heterocycles. The smallest absolute Gasteiger partial charge is 0.134 e. The van der Waals surface area contributed by atoms with Crippen LogP contribution in [0.3, 0.4) is 0 Å². The Labute approximate surface area is 195 Å². The van der Waals surface area contributed by atoms with Gasteiger partial charge in [0.15, 0.2) is 0 Å². The van der Waals surface area contributed by atoms with E-state index in [2.05, 4.69) is 48.9 Å². The van der Waals surface area contributed by atoms with Crippen LogP contribution in [0.25, 0.3) is 33.1 Å². The monoisotopic (exact) mass is 450 g/mol. The summed E-state index contributed by atoms with van der Waals surface area (Å²) in [6.07, 6.45) is 10.8. The number of fused-ring (bicyclic) bond motifs is 2. The molecule has 4 heterocycles. The van der Waals surface area contributed by atoms with Gasteiger partial charge in [-0.3, -0.25) is 14.6 Å². The normalized spacial score (nSPS) is 12.4. The van der Waals surface area contributed by atoms with E-state index in [1.807, 2.05) is 45.5 Å². The number of anilines is 1. The number of nitrogens with one attached hydrogen (secondary N) is 1. The van der Waals surface area contributed by atoms with Gasteiger partial charge in [-0.1, -0.05) is 11.3 Å². The molecule has 0 unspecified atom stereocenters. The minimum absolute atomic E-state index is 0.200. The maximum Gasteiger partial charge on any atom is 0.134 e. The number of aromatic nitrogens is 7. The quantitative estimate of drug-likeness (QED) is 0.415. The van der Waals surface area contributed by atoms with E-state index in [0.29, 0.717) is 0 Å². The third kappa shape index (κ3) is 3.38. The molecule has 168 valence electrons. The first kappa shape index (κ1) is 20.1. The summed E-state index contributed by atoms with van der Waals surface area (Å²) >= 11 is 0. The van der Waals surface area contributed by atoms with Crippen molar-refractivity contribution in [3.63, 3.8) is 0 Å². The summed E-state index contributed by atoms with van der Waals surface area (Å²) in [5.74, 6) is 0. The van der Waals surface area contributed by atoms with Gasteiger partial charge in [0, 0.05) is 54.9 Å². The van der Waals surface area contributed by atoms with E-state index in [9.17, 15) is 0 Å².